The van der Waals surface area contributed by atoms with Gasteiger partial charge in [0.15, 0.2) is 0 Å². The van der Waals surface area contributed by atoms with Gasteiger partial charge >= 0.3 is 0 Å². The molecule has 0 bridgehead atoms. The fourth-order valence-electron chi connectivity index (χ4n) is 0.644. The number of halogens is 2. The molecule has 0 heterocycles. The van der Waals surface area contributed by atoms with E-state index in [-0.39, 0.29) is 5.75 Å². The van der Waals surface area contributed by atoms with Gasteiger partial charge in [0, 0.05) is 3.57 Å². The maximum Gasteiger partial charge on any atom is 0.131 e. The van der Waals surface area contributed by atoms with Gasteiger partial charge in [0.05, 0.1) is 10.0 Å². The van der Waals surface area contributed by atoms with E-state index < -0.39 is 0 Å². The van der Waals surface area contributed by atoms with Crippen LogP contribution in [0.4, 0.5) is 0 Å². The standard InChI is InChI=1S/C7H3BrINO/c8-7-4(3-10)5(9)1-2-6(7)11/h1-2,11H. The first-order chi connectivity index (χ1) is 5.16. The van der Waals surface area contributed by atoms with E-state index in [4.69, 9.17) is 10.4 Å². The second kappa shape index (κ2) is 3.41. The molecular weight excluding hydrogens is 321 g/mol. The Kier molecular flexibility index (Phi) is 2.73. The summed E-state index contributed by atoms with van der Waals surface area (Å²) in [4.78, 5) is 0. The molecule has 2 nitrogen and oxygen atoms in total. The van der Waals surface area contributed by atoms with Crippen LogP contribution in [0.5, 0.6) is 5.75 Å². The second-order valence-electron chi connectivity index (χ2n) is 1.87. The molecule has 0 amide bonds. The maximum absolute atomic E-state index is 9.15. The van der Waals surface area contributed by atoms with Crippen LogP contribution >= 0.6 is 38.5 Å². The van der Waals surface area contributed by atoms with Gasteiger partial charge in [-0.05, 0) is 50.7 Å². The van der Waals surface area contributed by atoms with E-state index in [9.17, 15) is 0 Å². The van der Waals surface area contributed by atoms with Gasteiger partial charge in [0.2, 0.25) is 0 Å². The first kappa shape index (κ1) is 8.81. The van der Waals surface area contributed by atoms with Gasteiger partial charge in [0.25, 0.3) is 0 Å². The summed E-state index contributed by atoms with van der Waals surface area (Å²) >= 11 is 5.15. The quantitative estimate of drug-likeness (QED) is 0.746. The van der Waals surface area contributed by atoms with Gasteiger partial charge in [-0.2, -0.15) is 5.26 Å². The summed E-state index contributed by atoms with van der Waals surface area (Å²) in [7, 11) is 0. The van der Waals surface area contributed by atoms with Crippen molar-refractivity contribution in [2.45, 2.75) is 0 Å². The molecule has 0 unspecified atom stereocenters. The molecule has 0 aliphatic carbocycles. The Morgan fingerprint density at radius 3 is 2.64 bits per heavy atom. The molecule has 11 heavy (non-hydrogen) atoms. The summed E-state index contributed by atoms with van der Waals surface area (Å²) in [6, 6.07) is 5.23. The Morgan fingerprint density at radius 2 is 2.18 bits per heavy atom. The predicted molar refractivity (Wildman–Crippen MR) is 53.2 cm³/mol. The van der Waals surface area contributed by atoms with Gasteiger partial charge in [-0.25, -0.2) is 0 Å². The monoisotopic (exact) mass is 323 g/mol. The van der Waals surface area contributed by atoms with E-state index in [0.29, 0.717) is 10.0 Å². The number of benzene rings is 1. The number of nitriles is 1. The number of phenolic OH excluding ortho intramolecular Hbond substituents is 1. The first-order valence-corrected chi connectivity index (χ1v) is 4.61. The third kappa shape index (κ3) is 1.65. The lowest BCUT2D eigenvalue weighted by molar-refractivity contribution is 0.471. The molecule has 0 spiro atoms. The Bertz CT molecular complexity index is 332. The minimum atomic E-state index is 0.0990. The summed E-state index contributed by atoms with van der Waals surface area (Å²) in [6.45, 7) is 0. The topological polar surface area (TPSA) is 44.0 Å². The lowest BCUT2D eigenvalue weighted by Crippen LogP contribution is -1.83. The number of hydrogen-bond donors (Lipinski definition) is 1. The Labute approximate surface area is 86.1 Å². The molecule has 0 atom stereocenters. The molecule has 0 aliphatic heterocycles. The molecule has 1 rings (SSSR count). The summed E-state index contributed by atoms with van der Waals surface area (Å²) < 4.78 is 1.29. The Hall–Kier alpha value is -0.280. The molecule has 4 heteroatoms. The van der Waals surface area contributed by atoms with Gasteiger partial charge in [-0.1, -0.05) is 0 Å². The van der Waals surface area contributed by atoms with Gasteiger partial charge in [0.1, 0.15) is 11.8 Å². The van der Waals surface area contributed by atoms with Gasteiger partial charge < -0.3 is 5.11 Å². The first-order valence-electron chi connectivity index (χ1n) is 2.74. The van der Waals surface area contributed by atoms with Crippen molar-refractivity contribution in [3.05, 3.63) is 25.7 Å². The van der Waals surface area contributed by atoms with Crippen molar-refractivity contribution < 1.29 is 5.11 Å². The number of aromatic hydroxyl groups is 1. The van der Waals surface area contributed by atoms with Crippen LogP contribution in [0, 0.1) is 14.9 Å². The Balaban J connectivity index is 3.44. The summed E-state index contributed by atoms with van der Waals surface area (Å²) in [5.41, 5.74) is 0.477. The van der Waals surface area contributed by atoms with E-state index in [0.717, 1.165) is 3.57 Å². The van der Waals surface area contributed by atoms with Crippen LogP contribution in [0.2, 0.25) is 0 Å². The highest BCUT2D eigenvalue weighted by Gasteiger charge is 2.07. The van der Waals surface area contributed by atoms with Crippen molar-refractivity contribution in [2.75, 3.05) is 0 Å². The molecule has 0 saturated carbocycles. The SMILES string of the molecule is N#Cc1c(I)ccc(O)c1Br. The molecule has 0 saturated heterocycles. The lowest BCUT2D eigenvalue weighted by atomic mass is 10.2. The zero-order valence-electron chi connectivity index (χ0n) is 5.31. The third-order valence-electron chi connectivity index (χ3n) is 1.18. The van der Waals surface area contributed by atoms with Crippen LogP contribution in [0.1, 0.15) is 5.56 Å². The highest BCUT2D eigenvalue weighted by molar-refractivity contribution is 14.1. The molecule has 1 aromatic carbocycles. The highest BCUT2D eigenvalue weighted by atomic mass is 127. The van der Waals surface area contributed by atoms with Crippen molar-refractivity contribution in [1.29, 1.82) is 5.26 Å². The number of hydrogen-bond acceptors (Lipinski definition) is 2. The van der Waals surface area contributed by atoms with Crippen LogP contribution in [-0.4, -0.2) is 5.11 Å². The largest absolute Gasteiger partial charge is 0.507 e. The van der Waals surface area contributed by atoms with Gasteiger partial charge in [-0.3, -0.25) is 0 Å². The fourth-order valence-corrected chi connectivity index (χ4v) is 2.02. The van der Waals surface area contributed by atoms with Crippen molar-refractivity contribution >= 4 is 38.5 Å². The zero-order valence-corrected chi connectivity index (χ0v) is 9.05. The molecule has 1 N–H and O–H groups in total. The molecule has 0 aliphatic rings. The zero-order chi connectivity index (χ0) is 8.43. The third-order valence-corrected chi connectivity index (χ3v) is 2.88. The summed E-state index contributed by atoms with van der Waals surface area (Å²) in [5, 5.41) is 17.8. The smallest absolute Gasteiger partial charge is 0.131 e. The predicted octanol–water partition coefficient (Wildman–Crippen LogP) is 2.63. The summed E-state index contributed by atoms with van der Waals surface area (Å²) in [6.07, 6.45) is 0. The molecule has 56 valence electrons. The highest BCUT2D eigenvalue weighted by Crippen LogP contribution is 2.29. The van der Waals surface area contributed by atoms with E-state index >= 15 is 0 Å². The Morgan fingerprint density at radius 1 is 1.55 bits per heavy atom. The minimum Gasteiger partial charge on any atom is -0.507 e. The van der Waals surface area contributed by atoms with Crippen molar-refractivity contribution in [1.82, 2.24) is 0 Å². The number of nitrogens with zero attached hydrogens (tertiary/aromatic N) is 1. The van der Waals surface area contributed by atoms with E-state index in [1.165, 1.54) is 0 Å². The van der Waals surface area contributed by atoms with Crippen molar-refractivity contribution in [3.63, 3.8) is 0 Å². The maximum atomic E-state index is 9.15. The van der Waals surface area contributed by atoms with Crippen molar-refractivity contribution in [3.8, 4) is 11.8 Å². The van der Waals surface area contributed by atoms with Crippen molar-refractivity contribution in [2.24, 2.45) is 0 Å². The van der Waals surface area contributed by atoms with E-state index in [2.05, 4.69) is 15.9 Å². The number of rotatable bonds is 0. The lowest BCUT2D eigenvalue weighted by Gasteiger charge is -1.99. The van der Waals surface area contributed by atoms with E-state index in [1.54, 1.807) is 12.1 Å². The fraction of sp³-hybridized carbons (Fsp3) is 0. The molecule has 0 radical (unpaired) electrons. The molecule has 1 aromatic rings. The van der Waals surface area contributed by atoms with Crippen LogP contribution < -0.4 is 0 Å². The van der Waals surface area contributed by atoms with Gasteiger partial charge in [-0.15, -0.1) is 0 Å². The normalized spacial score (nSPS) is 9.18. The molecule has 0 fully saturated rings. The number of phenols is 1. The minimum absolute atomic E-state index is 0.0990. The van der Waals surface area contributed by atoms with Crippen LogP contribution in [0.25, 0.3) is 0 Å². The summed E-state index contributed by atoms with van der Waals surface area (Å²) in [5.74, 6) is 0.0990. The average molecular weight is 324 g/mol. The van der Waals surface area contributed by atoms with Crippen LogP contribution in [0.3, 0.4) is 0 Å². The molecule has 0 aromatic heterocycles. The van der Waals surface area contributed by atoms with Crippen LogP contribution in [-0.2, 0) is 0 Å². The van der Waals surface area contributed by atoms with Crippen LogP contribution in [0.15, 0.2) is 16.6 Å². The second-order valence-corrected chi connectivity index (χ2v) is 3.82. The molecular formula is C7H3BrINO. The average Bonchev–Trinajstić information content (AvgIpc) is 1.99. The van der Waals surface area contributed by atoms with E-state index in [1.807, 2.05) is 28.7 Å².